The Balaban J connectivity index is 1.62. The second-order valence-electron chi connectivity index (χ2n) is 7.33. The Hall–Kier alpha value is -1.31. The third kappa shape index (κ3) is 2.61. The molecule has 0 radical (unpaired) electrons. The Morgan fingerprint density at radius 2 is 1.60 bits per heavy atom. The van der Waals surface area contributed by atoms with Gasteiger partial charge in [-0.3, -0.25) is 4.79 Å². The number of ether oxygens (including phenoxy) is 1. The first kappa shape index (κ1) is 13.7. The molecule has 108 valence electrons. The van der Waals surface area contributed by atoms with Gasteiger partial charge < -0.3 is 4.74 Å². The maximum atomic E-state index is 12.2. The summed E-state index contributed by atoms with van der Waals surface area (Å²) in [6.07, 6.45) is 5.00. The standard InChI is InChI=1S/C18H24O2/c1-18(2,3)12-8-10-13(11-9-12)20-17(19)16-14-6-4-5-7-15(14)16/h8-11,14-16H,4-7H2,1-3H3. The van der Waals surface area contributed by atoms with Crippen molar-refractivity contribution in [1.29, 1.82) is 0 Å². The smallest absolute Gasteiger partial charge is 0.314 e. The first-order chi connectivity index (χ1) is 9.47. The Labute approximate surface area is 121 Å². The fourth-order valence-electron chi connectivity index (χ4n) is 3.55. The van der Waals surface area contributed by atoms with Crippen LogP contribution in [0.2, 0.25) is 0 Å². The summed E-state index contributed by atoms with van der Waals surface area (Å²) in [7, 11) is 0. The maximum absolute atomic E-state index is 12.2. The molecule has 2 unspecified atom stereocenters. The van der Waals surface area contributed by atoms with E-state index in [0.717, 1.165) is 0 Å². The lowest BCUT2D eigenvalue weighted by molar-refractivity contribution is -0.136. The van der Waals surface area contributed by atoms with Crippen LogP contribution in [0.3, 0.4) is 0 Å². The number of hydrogen-bond acceptors (Lipinski definition) is 2. The van der Waals surface area contributed by atoms with E-state index < -0.39 is 0 Å². The predicted octanol–water partition coefficient (Wildman–Crippen LogP) is 4.33. The van der Waals surface area contributed by atoms with E-state index in [2.05, 4.69) is 32.9 Å². The summed E-state index contributed by atoms with van der Waals surface area (Å²) in [6, 6.07) is 7.96. The molecule has 1 aromatic carbocycles. The van der Waals surface area contributed by atoms with Crippen molar-refractivity contribution in [3.63, 3.8) is 0 Å². The molecular weight excluding hydrogens is 248 g/mol. The van der Waals surface area contributed by atoms with Gasteiger partial charge >= 0.3 is 5.97 Å². The van der Waals surface area contributed by atoms with Gasteiger partial charge in [-0.2, -0.15) is 0 Å². The molecule has 0 saturated heterocycles. The molecule has 2 heteroatoms. The molecule has 2 atom stereocenters. The van der Waals surface area contributed by atoms with Crippen molar-refractivity contribution in [2.24, 2.45) is 17.8 Å². The van der Waals surface area contributed by atoms with Crippen molar-refractivity contribution >= 4 is 5.97 Å². The van der Waals surface area contributed by atoms with E-state index in [4.69, 9.17) is 4.74 Å². The van der Waals surface area contributed by atoms with E-state index in [1.165, 1.54) is 31.2 Å². The molecule has 0 spiro atoms. The molecule has 2 saturated carbocycles. The van der Waals surface area contributed by atoms with E-state index in [-0.39, 0.29) is 17.3 Å². The number of carbonyl (C=O) groups is 1. The first-order valence-corrected chi connectivity index (χ1v) is 7.79. The lowest BCUT2D eigenvalue weighted by Crippen LogP contribution is -2.13. The highest BCUT2D eigenvalue weighted by atomic mass is 16.5. The van der Waals surface area contributed by atoms with E-state index in [9.17, 15) is 4.79 Å². The summed E-state index contributed by atoms with van der Waals surface area (Å²) in [5, 5.41) is 0. The van der Waals surface area contributed by atoms with Crippen LogP contribution in [0.5, 0.6) is 5.75 Å². The quantitative estimate of drug-likeness (QED) is 0.592. The number of benzene rings is 1. The van der Waals surface area contributed by atoms with E-state index >= 15 is 0 Å². The third-order valence-electron chi connectivity index (χ3n) is 4.87. The van der Waals surface area contributed by atoms with Gasteiger partial charge in [-0.05, 0) is 47.8 Å². The molecule has 0 bridgehead atoms. The monoisotopic (exact) mass is 272 g/mol. The summed E-state index contributed by atoms with van der Waals surface area (Å²) < 4.78 is 5.56. The van der Waals surface area contributed by atoms with Gasteiger partial charge in [0.1, 0.15) is 5.75 Å². The van der Waals surface area contributed by atoms with Gasteiger partial charge in [0.2, 0.25) is 0 Å². The highest BCUT2D eigenvalue weighted by Crippen LogP contribution is 2.55. The minimum Gasteiger partial charge on any atom is -0.426 e. The van der Waals surface area contributed by atoms with Crippen LogP contribution in [-0.2, 0) is 10.2 Å². The summed E-state index contributed by atoms with van der Waals surface area (Å²) >= 11 is 0. The zero-order valence-corrected chi connectivity index (χ0v) is 12.7. The average Bonchev–Trinajstić information content (AvgIpc) is 3.12. The molecule has 2 aliphatic carbocycles. The largest absolute Gasteiger partial charge is 0.426 e. The van der Waals surface area contributed by atoms with Crippen molar-refractivity contribution in [3.8, 4) is 5.75 Å². The topological polar surface area (TPSA) is 26.3 Å². The van der Waals surface area contributed by atoms with Crippen LogP contribution < -0.4 is 4.74 Å². The molecule has 0 aliphatic heterocycles. The molecule has 0 aromatic heterocycles. The van der Waals surface area contributed by atoms with E-state index in [1.54, 1.807) is 0 Å². The highest BCUT2D eigenvalue weighted by molar-refractivity contribution is 5.79. The van der Waals surface area contributed by atoms with Crippen LogP contribution in [0.15, 0.2) is 24.3 Å². The molecule has 1 aromatic rings. The van der Waals surface area contributed by atoms with Gasteiger partial charge in [-0.15, -0.1) is 0 Å². The Kier molecular flexibility index (Phi) is 3.35. The van der Waals surface area contributed by atoms with Gasteiger partial charge in [0, 0.05) is 0 Å². The summed E-state index contributed by atoms with van der Waals surface area (Å²) in [5.41, 5.74) is 1.39. The van der Waals surface area contributed by atoms with E-state index in [0.29, 0.717) is 17.6 Å². The molecule has 3 rings (SSSR count). The minimum absolute atomic E-state index is 0.00888. The molecule has 2 nitrogen and oxygen atoms in total. The number of carbonyl (C=O) groups excluding carboxylic acids is 1. The molecule has 2 fully saturated rings. The van der Waals surface area contributed by atoms with Gasteiger partial charge in [0.15, 0.2) is 0 Å². The second kappa shape index (κ2) is 4.91. The highest BCUT2D eigenvalue weighted by Gasteiger charge is 2.55. The minimum atomic E-state index is -0.00888. The molecule has 0 amide bonds. The van der Waals surface area contributed by atoms with Crippen LogP contribution in [0.1, 0.15) is 52.0 Å². The van der Waals surface area contributed by atoms with Gasteiger partial charge in [0.05, 0.1) is 5.92 Å². The van der Waals surface area contributed by atoms with Crippen LogP contribution >= 0.6 is 0 Å². The Morgan fingerprint density at radius 3 is 2.10 bits per heavy atom. The fourth-order valence-corrected chi connectivity index (χ4v) is 3.55. The average molecular weight is 272 g/mol. The number of rotatable bonds is 2. The van der Waals surface area contributed by atoms with Crippen molar-refractivity contribution < 1.29 is 9.53 Å². The zero-order chi connectivity index (χ0) is 14.3. The van der Waals surface area contributed by atoms with Crippen LogP contribution in [0.4, 0.5) is 0 Å². The Morgan fingerprint density at radius 1 is 1.05 bits per heavy atom. The van der Waals surface area contributed by atoms with Crippen molar-refractivity contribution in [1.82, 2.24) is 0 Å². The summed E-state index contributed by atoms with van der Waals surface area (Å²) in [5.74, 6) is 2.09. The van der Waals surface area contributed by atoms with Crippen LogP contribution in [-0.4, -0.2) is 5.97 Å². The molecule has 20 heavy (non-hydrogen) atoms. The van der Waals surface area contributed by atoms with Gasteiger partial charge in [-0.25, -0.2) is 0 Å². The molecule has 2 aliphatic rings. The SMILES string of the molecule is CC(C)(C)c1ccc(OC(=O)C2C3CCCCC32)cc1. The molecule has 0 N–H and O–H groups in total. The van der Waals surface area contributed by atoms with E-state index in [1.807, 2.05) is 12.1 Å². The van der Waals surface area contributed by atoms with Crippen molar-refractivity contribution in [2.45, 2.75) is 51.9 Å². The third-order valence-corrected chi connectivity index (χ3v) is 4.87. The number of hydrogen-bond donors (Lipinski definition) is 0. The maximum Gasteiger partial charge on any atom is 0.314 e. The van der Waals surface area contributed by atoms with Gasteiger partial charge in [-0.1, -0.05) is 45.7 Å². The van der Waals surface area contributed by atoms with Crippen molar-refractivity contribution in [3.05, 3.63) is 29.8 Å². The fraction of sp³-hybridized carbons (Fsp3) is 0.611. The van der Waals surface area contributed by atoms with Gasteiger partial charge in [0.25, 0.3) is 0 Å². The molecular formula is C18H24O2. The summed E-state index contributed by atoms with van der Waals surface area (Å²) in [4.78, 5) is 12.2. The zero-order valence-electron chi connectivity index (χ0n) is 12.7. The van der Waals surface area contributed by atoms with Crippen LogP contribution in [0, 0.1) is 17.8 Å². The first-order valence-electron chi connectivity index (χ1n) is 7.79. The summed E-state index contributed by atoms with van der Waals surface area (Å²) in [6.45, 7) is 6.55. The molecule has 0 heterocycles. The number of esters is 1. The lowest BCUT2D eigenvalue weighted by Gasteiger charge is -2.19. The lowest BCUT2D eigenvalue weighted by atomic mass is 9.87. The predicted molar refractivity (Wildman–Crippen MR) is 79.7 cm³/mol. The van der Waals surface area contributed by atoms with Crippen molar-refractivity contribution in [2.75, 3.05) is 0 Å². The Bertz CT molecular complexity index is 483. The number of fused-ring (bicyclic) bond motifs is 1. The normalized spacial score (nSPS) is 28.6. The second-order valence-corrected chi connectivity index (χ2v) is 7.33. The van der Waals surface area contributed by atoms with Crippen LogP contribution in [0.25, 0.3) is 0 Å².